The molecule has 1 aliphatic rings. The van der Waals surface area contributed by atoms with E-state index in [1.165, 1.54) is 17.3 Å². The Morgan fingerprint density at radius 2 is 1.69 bits per heavy atom. The van der Waals surface area contributed by atoms with E-state index in [4.69, 9.17) is 11.6 Å². The number of ketones is 1. The summed E-state index contributed by atoms with van der Waals surface area (Å²) in [6.07, 6.45) is 2.54. The van der Waals surface area contributed by atoms with E-state index in [0.29, 0.717) is 11.4 Å². The first-order valence-corrected chi connectivity index (χ1v) is 11.7. The molecule has 0 amide bonds. The molecule has 0 atom stereocenters. The van der Waals surface area contributed by atoms with Crippen LogP contribution in [0.2, 0.25) is 5.02 Å². The summed E-state index contributed by atoms with van der Waals surface area (Å²) in [5.41, 5.74) is 3.39. The van der Waals surface area contributed by atoms with Gasteiger partial charge in [-0.25, -0.2) is 0 Å². The van der Waals surface area contributed by atoms with Gasteiger partial charge in [-0.3, -0.25) is 9.69 Å². The van der Waals surface area contributed by atoms with Crippen LogP contribution in [-0.4, -0.2) is 54.6 Å². The van der Waals surface area contributed by atoms with Crippen LogP contribution in [0.1, 0.15) is 24.5 Å². The smallest absolute Gasteiger partial charge is 0.170 e. The molecule has 0 spiro atoms. The van der Waals surface area contributed by atoms with Gasteiger partial charge in [0.1, 0.15) is 0 Å². The van der Waals surface area contributed by atoms with E-state index in [-0.39, 0.29) is 5.78 Å². The van der Waals surface area contributed by atoms with Crippen molar-refractivity contribution >= 4 is 34.7 Å². The monoisotopic (exact) mass is 428 g/mol. The van der Waals surface area contributed by atoms with Crippen molar-refractivity contribution in [3.8, 4) is 0 Å². The molecular weight excluding hydrogens is 400 g/mol. The molecule has 2 aromatic rings. The average molecular weight is 429 g/mol. The molecule has 0 N–H and O–H groups in total. The Morgan fingerprint density at radius 1 is 1.00 bits per heavy atom. The van der Waals surface area contributed by atoms with Crippen LogP contribution in [0.25, 0.3) is 5.57 Å². The maximum atomic E-state index is 12.9. The molecule has 1 heterocycles. The van der Waals surface area contributed by atoms with E-state index in [2.05, 4.69) is 40.1 Å². The molecule has 154 valence electrons. The first kappa shape index (κ1) is 22.1. The number of nitrogens with zero attached hydrogens (tertiary/aromatic N) is 2. The van der Waals surface area contributed by atoms with Gasteiger partial charge in [-0.1, -0.05) is 54.1 Å². The van der Waals surface area contributed by atoms with Crippen LogP contribution in [-0.2, 0) is 11.3 Å². The summed E-state index contributed by atoms with van der Waals surface area (Å²) >= 11 is 7.65. The molecule has 3 rings (SSSR count). The fourth-order valence-corrected chi connectivity index (χ4v) is 4.66. The van der Waals surface area contributed by atoms with Gasteiger partial charge in [-0.05, 0) is 42.0 Å². The normalized spacial score (nSPS) is 16.5. The Balaban J connectivity index is 1.50. The molecule has 0 bridgehead atoms. The predicted octanol–water partition coefficient (Wildman–Crippen LogP) is 5.21. The zero-order chi connectivity index (χ0) is 20.6. The van der Waals surface area contributed by atoms with E-state index in [0.717, 1.165) is 55.3 Å². The van der Waals surface area contributed by atoms with Crippen LogP contribution in [0.4, 0.5) is 0 Å². The second-order valence-electron chi connectivity index (χ2n) is 7.45. The molecule has 0 aromatic heterocycles. The first-order valence-electron chi connectivity index (χ1n) is 10.1. The number of benzene rings is 2. The van der Waals surface area contributed by atoms with Crippen LogP contribution in [0.15, 0.2) is 59.5 Å². The third kappa shape index (κ3) is 6.45. The van der Waals surface area contributed by atoms with Crippen molar-refractivity contribution in [3.05, 3.63) is 75.7 Å². The van der Waals surface area contributed by atoms with Crippen molar-refractivity contribution in [2.75, 3.05) is 39.0 Å². The van der Waals surface area contributed by atoms with Crippen molar-refractivity contribution < 1.29 is 4.79 Å². The number of piperazine rings is 1. The Hall–Kier alpha value is -1.59. The minimum Gasteiger partial charge on any atom is -0.300 e. The third-order valence-electron chi connectivity index (χ3n) is 5.42. The van der Waals surface area contributed by atoms with Gasteiger partial charge >= 0.3 is 0 Å². The maximum Gasteiger partial charge on any atom is 0.170 e. The van der Waals surface area contributed by atoms with Gasteiger partial charge in [0.2, 0.25) is 0 Å². The van der Waals surface area contributed by atoms with E-state index >= 15 is 0 Å². The number of halogens is 1. The zero-order valence-electron chi connectivity index (χ0n) is 17.2. The number of allylic oxidation sites excluding steroid dienone is 2. The van der Waals surface area contributed by atoms with E-state index in [9.17, 15) is 4.79 Å². The lowest BCUT2D eigenvalue weighted by atomic mass is 10.0. The zero-order valence-corrected chi connectivity index (χ0v) is 18.8. The number of rotatable bonds is 8. The molecule has 2 aromatic carbocycles. The van der Waals surface area contributed by atoms with Crippen LogP contribution in [0.5, 0.6) is 0 Å². The van der Waals surface area contributed by atoms with Gasteiger partial charge in [0, 0.05) is 50.7 Å². The first-order chi connectivity index (χ1) is 14.1. The van der Waals surface area contributed by atoms with Crippen LogP contribution < -0.4 is 0 Å². The Morgan fingerprint density at radius 3 is 2.34 bits per heavy atom. The number of carbonyl (C=O) groups is 1. The minimum atomic E-state index is 0.224. The van der Waals surface area contributed by atoms with Crippen LogP contribution in [0.3, 0.4) is 0 Å². The van der Waals surface area contributed by atoms with Crippen molar-refractivity contribution in [1.29, 1.82) is 0 Å². The maximum absolute atomic E-state index is 12.9. The standard InChI is InChI=1S/C24H29ClN2OS/c1-19(21-9-6-10-22(25)17-21)24(29-2)23(28)11-12-26-13-15-27(16-14-26)18-20-7-4-3-5-8-20/h3-10,17H,11-16,18H2,1-2H3. The van der Waals surface area contributed by atoms with Crippen molar-refractivity contribution in [1.82, 2.24) is 9.80 Å². The van der Waals surface area contributed by atoms with Crippen molar-refractivity contribution in [2.24, 2.45) is 0 Å². The molecule has 0 radical (unpaired) electrons. The summed E-state index contributed by atoms with van der Waals surface area (Å²) < 4.78 is 0. The SMILES string of the molecule is CSC(C(=O)CCN1CCN(Cc2ccccc2)CC1)=C(C)c1cccc(Cl)c1. The lowest BCUT2D eigenvalue weighted by molar-refractivity contribution is -0.115. The molecular formula is C24H29ClN2OS. The lowest BCUT2D eigenvalue weighted by Gasteiger charge is -2.34. The van der Waals surface area contributed by atoms with Gasteiger partial charge in [-0.2, -0.15) is 0 Å². The fraction of sp³-hybridized carbons (Fsp3) is 0.375. The topological polar surface area (TPSA) is 23.6 Å². The Labute approximate surface area is 183 Å². The number of hydrogen-bond acceptors (Lipinski definition) is 4. The third-order valence-corrected chi connectivity index (χ3v) is 6.60. The second-order valence-corrected chi connectivity index (χ2v) is 8.70. The minimum absolute atomic E-state index is 0.224. The van der Waals surface area contributed by atoms with Gasteiger partial charge in [0.25, 0.3) is 0 Å². The number of thioether (sulfide) groups is 1. The molecule has 29 heavy (non-hydrogen) atoms. The summed E-state index contributed by atoms with van der Waals surface area (Å²) in [5, 5.41) is 0.697. The average Bonchev–Trinajstić information content (AvgIpc) is 2.74. The van der Waals surface area contributed by atoms with E-state index in [1.54, 1.807) is 0 Å². The molecule has 1 saturated heterocycles. The summed E-state index contributed by atoms with van der Waals surface area (Å²) in [5.74, 6) is 0.224. The highest BCUT2D eigenvalue weighted by molar-refractivity contribution is 8.03. The largest absolute Gasteiger partial charge is 0.300 e. The molecule has 1 aliphatic heterocycles. The Kier molecular flexibility index (Phi) is 8.37. The fourth-order valence-electron chi connectivity index (χ4n) is 3.71. The van der Waals surface area contributed by atoms with Gasteiger partial charge in [0.15, 0.2) is 5.78 Å². The summed E-state index contributed by atoms with van der Waals surface area (Å²) in [4.78, 5) is 18.6. The number of hydrogen-bond donors (Lipinski definition) is 0. The van der Waals surface area contributed by atoms with Crippen molar-refractivity contribution in [3.63, 3.8) is 0 Å². The van der Waals surface area contributed by atoms with E-state index in [1.807, 2.05) is 37.4 Å². The van der Waals surface area contributed by atoms with E-state index < -0.39 is 0 Å². The van der Waals surface area contributed by atoms with Crippen molar-refractivity contribution in [2.45, 2.75) is 19.9 Å². The van der Waals surface area contributed by atoms with Gasteiger partial charge in [-0.15, -0.1) is 11.8 Å². The van der Waals surface area contributed by atoms with Gasteiger partial charge < -0.3 is 4.90 Å². The number of carbonyl (C=O) groups excluding carboxylic acids is 1. The quantitative estimate of drug-likeness (QED) is 0.538. The second kappa shape index (κ2) is 11.0. The molecule has 3 nitrogen and oxygen atoms in total. The van der Waals surface area contributed by atoms with Gasteiger partial charge in [0.05, 0.1) is 4.91 Å². The summed E-state index contributed by atoms with van der Waals surface area (Å²) in [6, 6.07) is 18.3. The Bertz CT molecular complexity index is 845. The highest BCUT2D eigenvalue weighted by Gasteiger charge is 2.19. The van der Waals surface area contributed by atoms with Crippen LogP contribution >= 0.6 is 23.4 Å². The molecule has 1 fully saturated rings. The number of Topliss-reactive ketones (excluding diaryl/α,β-unsaturated/α-hetero) is 1. The van der Waals surface area contributed by atoms with Crippen LogP contribution in [0, 0.1) is 0 Å². The molecule has 0 unspecified atom stereocenters. The highest BCUT2D eigenvalue weighted by atomic mass is 35.5. The predicted molar refractivity (Wildman–Crippen MR) is 125 cm³/mol. The summed E-state index contributed by atoms with van der Waals surface area (Å²) in [6.45, 7) is 7.98. The summed E-state index contributed by atoms with van der Waals surface area (Å²) in [7, 11) is 0. The highest BCUT2D eigenvalue weighted by Crippen LogP contribution is 2.28. The lowest BCUT2D eigenvalue weighted by Crippen LogP contribution is -2.46. The molecule has 0 saturated carbocycles. The molecule has 5 heteroatoms. The molecule has 0 aliphatic carbocycles.